The molecule has 3 rings (SSSR count). The van der Waals surface area contributed by atoms with Crippen LogP contribution in [0.4, 0.5) is 0 Å². The van der Waals surface area contributed by atoms with Crippen LogP contribution in [0.2, 0.25) is 0 Å². The maximum Gasteiger partial charge on any atom is 0.272 e. The molecule has 27 heavy (non-hydrogen) atoms. The van der Waals surface area contributed by atoms with Gasteiger partial charge >= 0.3 is 0 Å². The third kappa shape index (κ3) is 4.95. The van der Waals surface area contributed by atoms with E-state index in [9.17, 15) is 9.59 Å². The molecule has 2 heterocycles. The Balaban J connectivity index is 1.65. The van der Waals surface area contributed by atoms with Crippen LogP contribution in [0.3, 0.4) is 0 Å². The van der Waals surface area contributed by atoms with Crippen molar-refractivity contribution >= 4 is 11.8 Å². The standard InChI is InChI=1S/C20H26N4O3/c1-2-27-13-6-10-21-19(25)17-14-18-20(26)23(11-7-12-24(18)22-17)15-16-8-4-3-5-9-16/h3-5,8-9,14H,2,6-7,10-13,15H2,1H3,(H,21,25). The topological polar surface area (TPSA) is 76.5 Å². The molecule has 1 aliphatic rings. The van der Waals surface area contributed by atoms with Gasteiger partial charge in [-0.05, 0) is 25.3 Å². The lowest BCUT2D eigenvalue weighted by Crippen LogP contribution is -2.30. The SMILES string of the molecule is CCOCCCNC(=O)c1cc2n(n1)CCCN(Cc1ccccc1)C2=O. The van der Waals surface area contributed by atoms with Crippen LogP contribution in [0.15, 0.2) is 36.4 Å². The Hall–Kier alpha value is -2.67. The van der Waals surface area contributed by atoms with E-state index in [1.54, 1.807) is 10.7 Å². The lowest BCUT2D eigenvalue weighted by Gasteiger charge is -2.20. The van der Waals surface area contributed by atoms with Crippen LogP contribution >= 0.6 is 0 Å². The van der Waals surface area contributed by atoms with Crippen molar-refractivity contribution in [1.29, 1.82) is 0 Å². The van der Waals surface area contributed by atoms with E-state index in [0.29, 0.717) is 45.1 Å². The number of ether oxygens (including phenoxy) is 1. The molecular weight excluding hydrogens is 344 g/mol. The number of nitrogens with one attached hydrogen (secondary N) is 1. The molecule has 0 unspecified atom stereocenters. The van der Waals surface area contributed by atoms with Crippen molar-refractivity contribution in [1.82, 2.24) is 20.0 Å². The Bertz CT molecular complexity index is 773. The van der Waals surface area contributed by atoms with E-state index in [1.807, 2.05) is 42.2 Å². The maximum atomic E-state index is 12.9. The summed E-state index contributed by atoms with van der Waals surface area (Å²) < 4.78 is 6.91. The lowest BCUT2D eigenvalue weighted by atomic mass is 10.2. The van der Waals surface area contributed by atoms with Crippen LogP contribution in [0.25, 0.3) is 0 Å². The monoisotopic (exact) mass is 370 g/mol. The van der Waals surface area contributed by atoms with Crippen LogP contribution in [-0.2, 0) is 17.8 Å². The Morgan fingerprint density at radius 3 is 2.85 bits per heavy atom. The summed E-state index contributed by atoms with van der Waals surface area (Å²) in [7, 11) is 0. The van der Waals surface area contributed by atoms with Gasteiger partial charge in [0.15, 0.2) is 5.69 Å². The van der Waals surface area contributed by atoms with E-state index in [4.69, 9.17) is 4.74 Å². The fourth-order valence-electron chi connectivity index (χ4n) is 3.11. The third-order valence-electron chi connectivity index (χ3n) is 4.49. The maximum absolute atomic E-state index is 12.9. The van der Waals surface area contributed by atoms with Gasteiger partial charge in [0, 0.05) is 45.5 Å². The minimum atomic E-state index is -0.255. The van der Waals surface area contributed by atoms with Crippen molar-refractivity contribution in [3.63, 3.8) is 0 Å². The average Bonchev–Trinajstić information content (AvgIpc) is 3.06. The van der Waals surface area contributed by atoms with Gasteiger partial charge < -0.3 is 15.0 Å². The first-order chi connectivity index (χ1) is 13.2. The van der Waals surface area contributed by atoms with Crippen molar-refractivity contribution in [3.05, 3.63) is 53.3 Å². The highest BCUT2D eigenvalue weighted by Crippen LogP contribution is 2.16. The molecule has 0 spiro atoms. The van der Waals surface area contributed by atoms with E-state index < -0.39 is 0 Å². The molecule has 0 aliphatic carbocycles. The molecule has 1 aliphatic heterocycles. The first-order valence-electron chi connectivity index (χ1n) is 9.46. The van der Waals surface area contributed by atoms with Gasteiger partial charge in [-0.3, -0.25) is 14.3 Å². The van der Waals surface area contributed by atoms with E-state index in [-0.39, 0.29) is 17.5 Å². The van der Waals surface area contributed by atoms with Crippen molar-refractivity contribution < 1.29 is 14.3 Å². The van der Waals surface area contributed by atoms with E-state index in [1.165, 1.54) is 0 Å². The van der Waals surface area contributed by atoms with Gasteiger partial charge in [0.2, 0.25) is 0 Å². The van der Waals surface area contributed by atoms with Crippen molar-refractivity contribution in [2.75, 3.05) is 26.3 Å². The fraction of sp³-hybridized carbons (Fsp3) is 0.450. The Kier molecular flexibility index (Phi) is 6.59. The smallest absolute Gasteiger partial charge is 0.272 e. The van der Waals surface area contributed by atoms with Gasteiger partial charge in [0.05, 0.1) is 0 Å². The minimum Gasteiger partial charge on any atom is -0.382 e. The molecule has 2 amide bonds. The summed E-state index contributed by atoms with van der Waals surface area (Å²) in [6.07, 6.45) is 1.56. The number of hydrogen-bond acceptors (Lipinski definition) is 4. The number of carbonyl (C=O) groups is 2. The summed E-state index contributed by atoms with van der Waals surface area (Å²) in [6, 6.07) is 11.5. The summed E-state index contributed by atoms with van der Waals surface area (Å²) in [6.45, 7) is 5.61. The van der Waals surface area contributed by atoms with Crippen LogP contribution in [0.5, 0.6) is 0 Å². The molecule has 0 saturated carbocycles. The van der Waals surface area contributed by atoms with Crippen molar-refractivity contribution in [2.45, 2.75) is 32.9 Å². The number of benzene rings is 1. The molecule has 1 aromatic carbocycles. The molecule has 7 nitrogen and oxygen atoms in total. The molecule has 0 bridgehead atoms. The van der Waals surface area contributed by atoms with E-state index >= 15 is 0 Å². The highest BCUT2D eigenvalue weighted by Gasteiger charge is 2.26. The summed E-state index contributed by atoms with van der Waals surface area (Å²) >= 11 is 0. The summed E-state index contributed by atoms with van der Waals surface area (Å²) in [5.41, 5.74) is 1.85. The molecular formula is C20H26N4O3. The lowest BCUT2D eigenvalue weighted by molar-refractivity contribution is 0.0745. The molecule has 1 aromatic heterocycles. The van der Waals surface area contributed by atoms with Gasteiger partial charge in [0.25, 0.3) is 11.8 Å². The van der Waals surface area contributed by atoms with Crippen LogP contribution < -0.4 is 5.32 Å². The number of aromatic nitrogens is 2. The number of carbonyl (C=O) groups excluding carboxylic acids is 2. The largest absolute Gasteiger partial charge is 0.382 e. The molecule has 7 heteroatoms. The number of amides is 2. The number of fused-ring (bicyclic) bond motifs is 1. The fourth-order valence-corrected chi connectivity index (χ4v) is 3.11. The Labute approximate surface area is 159 Å². The second-order valence-electron chi connectivity index (χ2n) is 6.51. The minimum absolute atomic E-state index is 0.0840. The first-order valence-corrected chi connectivity index (χ1v) is 9.46. The molecule has 0 saturated heterocycles. The van der Waals surface area contributed by atoms with E-state index in [2.05, 4.69) is 10.4 Å². The third-order valence-corrected chi connectivity index (χ3v) is 4.49. The number of rotatable bonds is 8. The Morgan fingerprint density at radius 2 is 2.07 bits per heavy atom. The second kappa shape index (κ2) is 9.32. The molecule has 0 atom stereocenters. The second-order valence-corrected chi connectivity index (χ2v) is 6.51. The number of nitrogens with zero attached hydrogens (tertiary/aromatic N) is 3. The highest BCUT2D eigenvalue weighted by atomic mass is 16.5. The Morgan fingerprint density at radius 1 is 1.26 bits per heavy atom. The van der Waals surface area contributed by atoms with Gasteiger partial charge in [-0.15, -0.1) is 0 Å². The zero-order valence-electron chi connectivity index (χ0n) is 15.7. The summed E-state index contributed by atoms with van der Waals surface area (Å²) in [4.78, 5) is 27.1. The molecule has 1 N–H and O–H groups in total. The summed E-state index contributed by atoms with van der Waals surface area (Å²) in [5.74, 6) is -0.339. The first kappa shape index (κ1) is 19.1. The normalized spacial score (nSPS) is 14.0. The number of hydrogen-bond donors (Lipinski definition) is 1. The van der Waals surface area contributed by atoms with Gasteiger partial charge in [0.1, 0.15) is 5.69 Å². The average molecular weight is 370 g/mol. The van der Waals surface area contributed by atoms with Crippen LogP contribution in [-0.4, -0.2) is 52.8 Å². The molecule has 144 valence electrons. The van der Waals surface area contributed by atoms with Crippen LogP contribution in [0.1, 0.15) is 46.3 Å². The highest BCUT2D eigenvalue weighted by molar-refractivity contribution is 5.98. The molecule has 0 fully saturated rings. The van der Waals surface area contributed by atoms with Gasteiger partial charge in [-0.25, -0.2) is 0 Å². The van der Waals surface area contributed by atoms with Crippen LogP contribution in [0, 0.1) is 0 Å². The molecule has 2 aromatic rings. The molecule has 0 radical (unpaired) electrons. The predicted octanol–water partition coefficient (Wildman–Crippen LogP) is 2.09. The van der Waals surface area contributed by atoms with Gasteiger partial charge in [-0.1, -0.05) is 30.3 Å². The number of aryl methyl sites for hydroxylation is 1. The van der Waals surface area contributed by atoms with Crippen molar-refractivity contribution in [2.24, 2.45) is 0 Å². The quantitative estimate of drug-likeness (QED) is 0.722. The predicted molar refractivity (Wildman–Crippen MR) is 101 cm³/mol. The zero-order valence-corrected chi connectivity index (χ0v) is 15.7. The van der Waals surface area contributed by atoms with Crippen molar-refractivity contribution in [3.8, 4) is 0 Å². The zero-order chi connectivity index (χ0) is 19.1. The van der Waals surface area contributed by atoms with E-state index in [0.717, 1.165) is 18.4 Å². The summed E-state index contributed by atoms with van der Waals surface area (Å²) in [5, 5.41) is 7.17. The van der Waals surface area contributed by atoms with Gasteiger partial charge in [-0.2, -0.15) is 5.10 Å².